The van der Waals surface area contributed by atoms with Crippen molar-refractivity contribution < 1.29 is 18.1 Å². The Balaban J connectivity index is 2.00. The highest BCUT2D eigenvalue weighted by molar-refractivity contribution is 7.93. The zero-order chi connectivity index (χ0) is 24.2. The van der Waals surface area contributed by atoms with E-state index in [0.717, 1.165) is 4.31 Å². The largest absolute Gasteiger partial charge is 0.321 e. The lowest BCUT2D eigenvalue weighted by molar-refractivity contribution is -0.385. The number of nitrogens with zero attached hydrogens (tertiary/aromatic N) is 2. The Hall–Kier alpha value is -3.69. The molecule has 0 bridgehead atoms. The minimum atomic E-state index is -4.14. The van der Waals surface area contributed by atoms with Crippen molar-refractivity contribution in [2.24, 2.45) is 0 Å². The van der Waals surface area contributed by atoms with Gasteiger partial charge in [-0.25, -0.2) is 8.42 Å². The van der Waals surface area contributed by atoms with E-state index < -0.39 is 20.9 Å². The SMILES string of the molecule is C=CCN(c1ccccc1)S(=O)(=O)c1cc(C(=O)Nc2cccc([N+](=O)[O-])c2C)ccc1Cl. The van der Waals surface area contributed by atoms with E-state index in [1.165, 1.54) is 49.4 Å². The Bertz CT molecular complexity index is 1330. The summed E-state index contributed by atoms with van der Waals surface area (Å²) in [7, 11) is -4.14. The van der Waals surface area contributed by atoms with E-state index in [1.54, 1.807) is 30.3 Å². The van der Waals surface area contributed by atoms with Gasteiger partial charge in [0.2, 0.25) is 0 Å². The van der Waals surface area contributed by atoms with Gasteiger partial charge in [-0.2, -0.15) is 0 Å². The maximum atomic E-state index is 13.4. The zero-order valence-corrected chi connectivity index (χ0v) is 19.1. The molecule has 0 radical (unpaired) electrons. The second kappa shape index (κ2) is 9.85. The molecule has 0 atom stereocenters. The average Bonchev–Trinajstić information content (AvgIpc) is 2.79. The molecular formula is C23H20ClN3O5S. The lowest BCUT2D eigenvalue weighted by Gasteiger charge is -2.24. The van der Waals surface area contributed by atoms with Crippen LogP contribution in [0.2, 0.25) is 5.02 Å². The summed E-state index contributed by atoms with van der Waals surface area (Å²) in [5, 5.41) is 13.7. The lowest BCUT2D eigenvalue weighted by atomic mass is 10.1. The molecule has 0 aliphatic rings. The highest BCUT2D eigenvalue weighted by Gasteiger charge is 2.27. The molecule has 0 aliphatic carbocycles. The fourth-order valence-electron chi connectivity index (χ4n) is 3.17. The van der Waals surface area contributed by atoms with E-state index in [2.05, 4.69) is 11.9 Å². The third kappa shape index (κ3) is 5.05. The van der Waals surface area contributed by atoms with Crippen molar-refractivity contribution in [3.05, 3.63) is 106 Å². The van der Waals surface area contributed by atoms with Crippen LogP contribution in [-0.2, 0) is 10.0 Å². The van der Waals surface area contributed by atoms with Crippen molar-refractivity contribution in [1.82, 2.24) is 0 Å². The van der Waals surface area contributed by atoms with E-state index in [4.69, 9.17) is 11.6 Å². The molecule has 0 aromatic heterocycles. The summed E-state index contributed by atoms with van der Waals surface area (Å²) < 4.78 is 28.0. The smallest absolute Gasteiger partial charge is 0.274 e. The number of hydrogen-bond acceptors (Lipinski definition) is 5. The first-order chi connectivity index (χ1) is 15.7. The van der Waals surface area contributed by atoms with Crippen LogP contribution in [0.5, 0.6) is 0 Å². The van der Waals surface area contributed by atoms with Gasteiger partial charge in [0.05, 0.1) is 33.4 Å². The van der Waals surface area contributed by atoms with Gasteiger partial charge in [0.15, 0.2) is 0 Å². The Kier molecular flexibility index (Phi) is 7.15. The van der Waals surface area contributed by atoms with Gasteiger partial charge in [-0.15, -0.1) is 6.58 Å². The second-order valence-electron chi connectivity index (χ2n) is 6.97. The molecule has 33 heavy (non-hydrogen) atoms. The molecule has 10 heteroatoms. The Morgan fingerprint density at radius 1 is 1.15 bits per heavy atom. The molecule has 8 nitrogen and oxygen atoms in total. The number of benzene rings is 3. The number of anilines is 2. The zero-order valence-electron chi connectivity index (χ0n) is 17.6. The average molecular weight is 486 g/mol. The van der Waals surface area contributed by atoms with Crippen LogP contribution in [0.3, 0.4) is 0 Å². The molecular weight excluding hydrogens is 466 g/mol. The number of halogens is 1. The Morgan fingerprint density at radius 3 is 2.48 bits per heavy atom. The summed E-state index contributed by atoms with van der Waals surface area (Å²) in [5.74, 6) is -0.637. The summed E-state index contributed by atoms with van der Waals surface area (Å²) in [5.41, 5.74) is 0.811. The van der Waals surface area contributed by atoms with Crippen molar-refractivity contribution in [3.8, 4) is 0 Å². The molecule has 0 unspecified atom stereocenters. The van der Waals surface area contributed by atoms with Gasteiger partial charge >= 0.3 is 0 Å². The summed E-state index contributed by atoms with van der Waals surface area (Å²) in [6, 6.07) is 16.6. The third-order valence-corrected chi connectivity index (χ3v) is 7.13. The maximum Gasteiger partial charge on any atom is 0.274 e. The van der Waals surface area contributed by atoms with E-state index in [1.807, 2.05) is 0 Å². The molecule has 0 heterocycles. The molecule has 3 aromatic carbocycles. The standard InChI is InChI=1S/C23H20ClN3O5S/c1-3-14-26(18-8-5-4-6-9-18)33(31,32)22-15-17(12-13-19(22)24)23(28)25-20-10-7-11-21(16(20)2)27(29)30/h3-13,15H,1,14H2,2H3,(H,25,28). The van der Waals surface area contributed by atoms with Crippen LogP contribution in [0.1, 0.15) is 15.9 Å². The van der Waals surface area contributed by atoms with Gasteiger partial charge in [0.1, 0.15) is 4.90 Å². The number of rotatable bonds is 8. The molecule has 1 amide bonds. The monoisotopic (exact) mass is 485 g/mol. The topological polar surface area (TPSA) is 110 Å². The van der Waals surface area contributed by atoms with E-state index in [9.17, 15) is 23.3 Å². The molecule has 0 saturated heterocycles. The fraction of sp³-hybridized carbons (Fsp3) is 0.0870. The van der Waals surface area contributed by atoms with Gasteiger partial charge in [-0.05, 0) is 43.3 Å². The molecule has 3 aromatic rings. The minimum absolute atomic E-state index is 0.00796. The van der Waals surface area contributed by atoms with Crippen molar-refractivity contribution in [2.45, 2.75) is 11.8 Å². The number of nitrogens with one attached hydrogen (secondary N) is 1. The number of carbonyl (C=O) groups is 1. The Labute approximate surface area is 196 Å². The molecule has 0 spiro atoms. The molecule has 3 rings (SSSR count). The van der Waals surface area contributed by atoms with Crippen LogP contribution in [0.4, 0.5) is 17.1 Å². The summed E-state index contributed by atoms with van der Waals surface area (Å²) in [4.78, 5) is 23.2. The number of sulfonamides is 1. The van der Waals surface area contributed by atoms with Crippen LogP contribution in [0, 0.1) is 17.0 Å². The Morgan fingerprint density at radius 2 is 1.85 bits per heavy atom. The normalized spacial score (nSPS) is 11.0. The van der Waals surface area contributed by atoms with Crippen LogP contribution < -0.4 is 9.62 Å². The van der Waals surface area contributed by atoms with Gasteiger partial charge in [0.25, 0.3) is 21.6 Å². The van der Waals surface area contributed by atoms with Crippen molar-refractivity contribution in [2.75, 3.05) is 16.2 Å². The number of amides is 1. The van der Waals surface area contributed by atoms with Crippen LogP contribution in [-0.4, -0.2) is 25.8 Å². The third-order valence-electron chi connectivity index (χ3n) is 4.85. The maximum absolute atomic E-state index is 13.4. The highest BCUT2D eigenvalue weighted by Crippen LogP contribution is 2.30. The lowest BCUT2D eigenvalue weighted by Crippen LogP contribution is -2.31. The quantitative estimate of drug-likeness (QED) is 0.268. The molecule has 0 saturated carbocycles. The minimum Gasteiger partial charge on any atom is -0.321 e. The van der Waals surface area contributed by atoms with Crippen LogP contribution in [0.15, 0.2) is 84.3 Å². The second-order valence-corrected chi connectivity index (χ2v) is 9.20. The van der Waals surface area contributed by atoms with Gasteiger partial charge in [0, 0.05) is 11.6 Å². The van der Waals surface area contributed by atoms with Gasteiger partial charge in [-0.1, -0.05) is 41.9 Å². The molecule has 170 valence electrons. The van der Waals surface area contributed by atoms with Crippen molar-refractivity contribution >= 4 is 44.6 Å². The first-order valence-electron chi connectivity index (χ1n) is 9.70. The van der Waals surface area contributed by atoms with Crippen molar-refractivity contribution in [1.29, 1.82) is 0 Å². The number of para-hydroxylation sites is 1. The van der Waals surface area contributed by atoms with E-state index >= 15 is 0 Å². The number of nitro benzene ring substituents is 1. The van der Waals surface area contributed by atoms with Gasteiger partial charge < -0.3 is 5.32 Å². The van der Waals surface area contributed by atoms with Crippen LogP contribution >= 0.6 is 11.6 Å². The molecule has 1 N–H and O–H groups in total. The van der Waals surface area contributed by atoms with E-state index in [0.29, 0.717) is 5.69 Å². The first-order valence-corrected chi connectivity index (χ1v) is 11.5. The first kappa shape index (κ1) is 24.0. The summed E-state index contributed by atoms with van der Waals surface area (Å²) in [6.45, 7) is 5.13. The summed E-state index contributed by atoms with van der Waals surface area (Å²) in [6.07, 6.45) is 1.44. The number of carbonyl (C=O) groups excluding carboxylic acids is 1. The molecule has 0 fully saturated rings. The summed E-state index contributed by atoms with van der Waals surface area (Å²) >= 11 is 6.22. The predicted octanol–water partition coefficient (Wildman–Crippen LogP) is 5.19. The number of hydrogen-bond donors (Lipinski definition) is 1. The number of nitro groups is 1. The molecule has 0 aliphatic heterocycles. The van der Waals surface area contributed by atoms with Crippen molar-refractivity contribution in [3.63, 3.8) is 0 Å². The van der Waals surface area contributed by atoms with Crippen LogP contribution in [0.25, 0.3) is 0 Å². The predicted molar refractivity (Wildman–Crippen MR) is 128 cm³/mol. The fourth-order valence-corrected chi connectivity index (χ4v) is 5.10. The highest BCUT2D eigenvalue weighted by atomic mass is 35.5. The van der Waals surface area contributed by atoms with Gasteiger partial charge in [-0.3, -0.25) is 19.2 Å². The van der Waals surface area contributed by atoms with E-state index in [-0.39, 0.29) is 39.0 Å².